The van der Waals surface area contributed by atoms with Gasteiger partial charge in [-0.05, 0) is 43.9 Å². The second-order valence-electron chi connectivity index (χ2n) is 5.48. The lowest BCUT2D eigenvalue weighted by molar-refractivity contribution is 0.498. The predicted octanol–water partition coefficient (Wildman–Crippen LogP) is 3.37. The van der Waals surface area contributed by atoms with Gasteiger partial charge in [-0.25, -0.2) is 0 Å². The fourth-order valence-electron chi connectivity index (χ4n) is 1.75. The zero-order chi connectivity index (χ0) is 13.1. The van der Waals surface area contributed by atoms with Crippen molar-refractivity contribution in [2.45, 2.75) is 45.6 Å². The van der Waals surface area contributed by atoms with Crippen LogP contribution in [0.4, 0.5) is 5.69 Å². The molecule has 0 fully saturated rings. The molecular weight excluding hydrogens is 208 g/mol. The monoisotopic (exact) mass is 234 g/mol. The first-order valence-corrected chi connectivity index (χ1v) is 6.46. The Morgan fingerprint density at radius 2 is 1.76 bits per heavy atom. The molecule has 0 aliphatic heterocycles. The molecular formula is C15H26N2. The lowest BCUT2D eigenvalue weighted by Crippen LogP contribution is -2.47. The molecule has 17 heavy (non-hydrogen) atoms. The molecule has 0 bridgehead atoms. The Morgan fingerprint density at radius 3 is 2.18 bits per heavy atom. The van der Waals surface area contributed by atoms with E-state index in [4.69, 9.17) is 5.73 Å². The van der Waals surface area contributed by atoms with Gasteiger partial charge in [0.15, 0.2) is 0 Å². The van der Waals surface area contributed by atoms with E-state index in [-0.39, 0.29) is 5.54 Å². The van der Waals surface area contributed by atoms with E-state index >= 15 is 0 Å². The number of rotatable bonds is 5. The first kappa shape index (κ1) is 14.0. The maximum atomic E-state index is 5.80. The minimum Gasteiger partial charge on any atom is -0.368 e. The summed E-state index contributed by atoms with van der Waals surface area (Å²) in [5.41, 5.74) is 8.44. The molecule has 2 heteroatoms. The second kappa shape index (κ2) is 5.54. The SMILES string of the molecule is CCC(C)c1ccc(N(C)C(C)(C)CN)cc1. The quantitative estimate of drug-likeness (QED) is 0.846. The topological polar surface area (TPSA) is 29.3 Å². The highest BCUT2D eigenvalue weighted by atomic mass is 15.2. The molecule has 1 atom stereocenters. The van der Waals surface area contributed by atoms with Crippen LogP contribution in [-0.2, 0) is 0 Å². The third-order valence-electron chi connectivity index (χ3n) is 3.87. The Balaban J connectivity index is 2.88. The van der Waals surface area contributed by atoms with Crippen molar-refractivity contribution in [3.8, 4) is 0 Å². The number of likely N-dealkylation sites (N-methyl/N-ethyl adjacent to an activating group) is 1. The Labute approximate surface area is 106 Å². The molecule has 96 valence electrons. The summed E-state index contributed by atoms with van der Waals surface area (Å²) in [4.78, 5) is 2.24. The van der Waals surface area contributed by atoms with E-state index in [2.05, 4.69) is 63.9 Å². The summed E-state index contributed by atoms with van der Waals surface area (Å²) in [5.74, 6) is 0.636. The van der Waals surface area contributed by atoms with Crippen LogP contribution in [0.3, 0.4) is 0 Å². The standard InChI is InChI=1S/C15H26N2/c1-6-12(2)13-7-9-14(10-8-13)17(5)15(3,4)11-16/h7-10,12H,6,11,16H2,1-5H3. The first-order valence-electron chi connectivity index (χ1n) is 6.46. The molecule has 1 aromatic carbocycles. The largest absolute Gasteiger partial charge is 0.368 e. The third-order valence-corrected chi connectivity index (χ3v) is 3.87. The van der Waals surface area contributed by atoms with Crippen LogP contribution < -0.4 is 10.6 Å². The molecule has 0 spiro atoms. The first-order chi connectivity index (χ1) is 7.92. The van der Waals surface area contributed by atoms with Crippen molar-refractivity contribution in [2.75, 3.05) is 18.5 Å². The van der Waals surface area contributed by atoms with Gasteiger partial charge >= 0.3 is 0 Å². The van der Waals surface area contributed by atoms with Crippen molar-refractivity contribution in [2.24, 2.45) is 5.73 Å². The number of nitrogens with two attached hydrogens (primary N) is 1. The molecule has 1 rings (SSSR count). The summed E-state index contributed by atoms with van der Waals surface area (Å²) in [6.45, 7) is 9.46. The van der Waals surface area contributed by atoms with Crippen molar-refractivity contribution in [3.05, 3.63) is 29.8 Å². The highest BCUT2D eigenvalue weighted by molar-refractivity contribution is 5.49. The molecule has 2 N–H and O–H groups in total. The Morgan fingerprint density at radius 1 is 1.24 bits per heavy atom. The summed E-state index contributed by atoms with van der Waals surface area (Å²) in [7, 11) is 2.10. The van der Waals surface area contributed by atoms with Gasteiger partial charge in [-0.3, -0.25) is 0 Å². The fraction of sp³-hybridized carbons (Fsp3) is 0.600. The van der Waals surface area contributed by atoms with Crippen molar-refractivity contribution in [1.29, 1.82) is 0 Å². The van der Waals surface area contributed by atoms with Gasteiger partial charge < -0.3 is 10.6 Å². The highest BCUT2D eigenvalue weighted by Crippen LogP contribution is 2.25. The molecule has 0 amide bonds. The van der Waals surface area contributed by atoms with Crippen LogP contribution in [-0.4, -0.2) is 19.1 Å². The van der Waals surface area contributed by atoms with Gasteiger partial charge in [0.25, 0.3) is 0 Å². The number of hydrogen-bond donors (Lipinski definition) is 1. The molecule has 2 nitrogen and oxygen atoms in total. The zero-order valence-electron chi connectivity index (χ0n) is 11.8. The van der Waals surface area contributed by atoms with Crippen LogP contribution in [0.25, 0.3) is 0 Å². The van der Waals surface area contributed by atoms with E-state index in [9.17, 15) is 0 Å². The van der Waals surface area contributed by atoms with E-state index in [0.717, 1.165) is 0 Å². The van der Waals surface area contributed by atoms with Crippen LogP contribution in [0.2, 0.25) is 0 Å². The number of nitrogens with zero attached hydrogens (tertiary/aromatic N) is 1. The number of hydrogen-bond acceptors (Lipinski definition) is 2. The summed E-state index contributed by atoms with van der Waals surface area (Å²) >= 11 is 0. The van der Waals surface area contributed by atoms with E-state index < -0.39 is 0 Å². The highest BCUT2D eigenvalue weighted by Gasteiger charge is 2.21. The second-order valence-corrected chi connectivity index (χ2v) is 5.48. The van der Waals surface area contributed by atoms with Crippen molar-refractivity contribution in [1.82, 2.24) is 0 Å². The molecule has 0 aliphatic carbocycles. The molecule has 1 aromatic rings. The van der Waals surface area contributed by atoms with E-state index in [1.165, 1.54) is 17.7 Å². The average Bonchev–Trinajstić information content (AvgIpc) is 2.37. The summed E-state index contributed by atoms with van der Waals surface area (Å²) < 4.78 is 0. The zero-order valence-corrected chi connectivity index (χ0v) is 11.8. The smallest absolute Gasteiger partial charge is 0.0464 e. The molecule has 0 radical (unpaired) electrons. The predicted molar refractivity (Wildman–Crippen MR) is 76.7 cm³/mol. The normalized spacial score (nSPS) is 13.5. The molecule has 0 saturated heterocycles. The van der Waals surface area contributed by atoms with Gasteiger partial charge in [0.2, 0.25) is 0 Å². The molecule has 0 saturated carbocycles. The number of anilines is 1. The van der Waals surface area contributed by atoms with Crippen molar-refractivity contribution >= 4 is 5.69 Å². The van der Waals surface area contributed by atoms with Crippen LogP contribution in [0, 0.1) is 0 Å². The molecule has 1 unspecified atom stereocenters. The molecule has 0 aromatic heterocycles. The lowest BCUT2D eigenvalue weighted by Gasteiger charge is -2.36. The van der Waals surface area contributed by atoms with Crippen LogP contribution in [0.1, 0.15) is 45.6 Å². The van der Waals surface area contributed by atoms with Crippen LogP contribution in [0.15, 0.2) is 24.3 Å². The van der Waals surface area contributed by atoms with E-state index in [1.807, 2.05) is 0 Å². The fourth-order valence-corrected chi connectivity index (χ4v) is 1.75. The summed E-state index contributed by atoms with van der Waals surface area (Å²) in [6, 6.07) is 8.84. The van der Waals surface area contributed by atoms with Crippen LogP contribution >= 0.6 is 0 Å². The third kappa shape index (κ3) is 3.22. The van der Waals surface area contributed by atoms with Crippen LogP contribution in [0.5, 0.6) is 0 Å². The van der Waals surface area contributed by atoms with Crippen molar-refractivity contribution < 1.29 is 0 Å². The van der Waals surface area contributed by atoms with Crippen molar-refractivity contribution in [3.63, 3.8) is 0 Å². The lowest BCUT2D eigenvalue weighted by atomic mass is 9.97. The van der Waals surface area contributed by atoms with Gasteiger partial charge in [-0.1, -0.05) is 26.0 Å². The van der Waals surface area contributed by atoms with E-state index in [0.29, 0.717) is 12.5 Å². The minimum atomic E-state index is -0.00209. The summed E-state index contributed by atoms with van der Waals surface area (Å²) in [5, 5.41) is 0. The van der Waals surface area contributed by atoms with E-state index in [1.54, 1.807) is 0 Å². The average molecular weight is 234 g/mol. The van der Waals surface area contributed by atoms with Gasteiger partial charge in [0.1, 0.15) is 0 Å². The Hall–Kier alpha value is -1.02. The van der Waals surface area contributed by atoms with Gasteiger partial charge in [-0.15, -0.1) is 0 Å². The maximum absolute atomic E-state index is 5.80. The summed E-state index contributed by atoms with van der Waals surface area (Å²) in [6.07, 6.45) is 1.18. The Kier molecular flexibility index (Phi) is 4.58. The number of benzene rings is 1. The van der Waals surface area contributed by atoms with Gasteiger partial charge in [0.05, 0.1) is 0 Å². The van der Waals surface area contributed by atoms with Gasteiger partial charge in [-0.2, -0.15) is 0 Å². The maximum Gasteiger partial charge on any atom is 0.0464 e. The Bertz CT molecular complexity index is 340. The minimum absolute atomic E-state index is 0.00209. The molecule has 0 aliphatic rings. The molecule has 0 heterocycles. The van der Waals surface area contributed by atoms with Gasteiger partial charge in [0, 0.05) is 24.8 Å².